The van der Waals surface area contributed by atoms with Crippen LogP contribution in [0.3, 0.4) is 0 Å². The number of benzene rings is 3. The van der Waals surface area contributed by atoms with Gasteiger partial charge in [-0.2, -0.15) is 0 Å². The van der Waals surface area contributed by atoms with Crippen LogP contribution in [-0.2, 0) is 32.3 Å². The Labute approximate surface area is 198 Å². The first-order chi connectivity index (χ1) is 14.3. The van der Waals surface area contributed by atoms with Crippen molar-refractivity contribution < 1.29 is 24.5 Å². The Morgan fingerprint density at radius 2 is 1.60 bits per heavy atom. The minimum absolute atomic E-state index is 0.0537. The summed E-state index contributed by atoms with van der Waals surface area (Å²) >= 11 is 1.47. The minimum atomic E-state index is -0.0537. The quantitative estimate of drug-likeness (QED) is 0.332. The summed E-state index contributed by atoms with van der Waals surface area (Å²) < 4.78 is 0. The zero-order valence-electron chi connectivity index (χ0n) is 18.0. The van der Waals surface area contributed by atoms with E-state index in [4.69, 9.17) is 5.32 Å². The van der Waals surface area contributed by atoms with E-state index in [9.17, 15) is 5.11 Å². The van der Waals surface area contributed by atoms with Crippen molar-refractivity contribution in [2.45, 2.75) is 46.2 Å². The molecule has 5 heteroatoms. The van der Waals surface area contributed by atoms with E-state index in [1.165, 1.54) is 46.9 Å². The van der Waals surface area contributed by atoms with Gasteiger partial charge in [-0.15, -0.1) is 12.1 Å². The van der Waals surface area contributed by atoms with Crippen LogP contribution in [0.15, 0.2) is 66.7 Å². The van der Waals surface area contributed by atoms with E-state index in [0.29, 0.717) is 20.9 Å². The van der Waals surface area contributed by atoms with Gasteiger partial charge in [-0.1, -0.05) is 95.1 Å². The zero-order valence-corrected chi connectivity index (χ0v) is 21.4. The maximum absolute atomic E-state index is 10.5. The molecule has 3 rings (SSSR count). The molecule has 0 saturated carbocycles. The SMILES string of the molecule is Cc1ccc(Pc2cc(Cc3ccccc3)ccc2O)c(C[N-]C(C)(C)C)c1.[Cl][Ti+]. The standard InChI is InChI=1S/C25H29NOP.ClH.Ti/c1-18-10-13-23(21(14-18)17-26-25(2,3)4)28-24-16-20(11-12-22(24)27)15-19-8-6-5-7-9-19;;/h5-14,16,27-28H,15,17H2,1-4H3;1H;/q-1;;+2/p-1. The van der Waals surface area contributed by atoms with Gasteiger partial charge in [0.25, 0.3) is 0 Å². The Morgan fingerprint density at radius 3 is 2.27 bits per heavy atom. The molecular weight excluding hydrogens is 445 g/mol. The molecule has 1 unspecified atom stereocenters. The molecule has 2 nitrogen and oxygen atoms in total. The van der Waals surface area contributed by atoms with Crippen LogP contribution < -0.4 is 10.6 Å². The van der Waals surface area contributed by atoms with Crippen LogP contribution in [0.5, 0.6) is 5.75 Å². The van der Waals surface area contributed by atoms with Crippen molar-refractivity contribution in [3.63, 3.8) is 0 Å². The molecule has 0 aliphatic rings. The zero-order chi connectivity index (χ0) is 22.1. The molecule has 0 bridgehead atoms. The average molecular weight is 474 g/mol. The summed E-state index contributed by atoms with van der Waals surface area (Å²) in [6.45, 7) is 9.21. The van der Waals surface area contributed by atoms with Crippen molar-refractivity contribution in [3.05, 3.63) is 94.3 Å². The van der Waals surface area contributed by atoms with Crippen molar-refractivity contribution >= 4 is 28.5 Å². The molecule has 0 amide bonds. The molecule has 3 aromatic rings. The van der Waals surface area contributed by atoms with Crippen molar-refractivity contribution in [3.8, 4) is 5.75 Å². The number of aryl methyl sites for hydroxylation is 1. The predicted molar refractivity (Wildman–Crippen MR) is 129 cm³/mol. The first kappa shape index (κ1) is 25.1. The third kappa shape index (κ3) is 8.18. The number of halogens is 1. The molecule has 0 radical (unpaired) electrons. The number of rotatable bonds is 6. The van der Waals surface area contributed by atoms with Gasteiger partial charge in [0.15, 0.2) is 0 Å². The van der Waals surface area contributed by atoms with Gasteiger partial charge in [0.05, 0.1) is 0 Å². The number of nitrogens with zero attached hydrogens (tertiary/aromatic N) is 1. The van der Waals surface area contributed by atoms with E-state index >= 15 is 0 Å². The van der Waals surface area contributed by atoms with Crippen LogP contribution in [-0.4, -0.2) is 10.6 Å². The van der Waals surface area contributed by atoms with Crippen LogP contribution in [0.25, 0.3) is 5.32 Å². The van der Waals surface area contributed by atoms with Crippen LogP contribution in [0, 0.1) is 6.92 Å². The fraction of sp³-hybridized carbons (Fsp3) is 0.280. The first-order valence-corrected chi connectivity index (χ1v) is 13.0. The van der Waals surface area contributed by atoms with Crippen LogP contribution in [0.1, 0.15) is 43.0 Å². The number of hydrogen-bond acceptors (Lipinski definition) is 1. The van der Waals surface area contributed by atoms with E-state index < -0.39 is 0 Å². The molecule has 30 heavy (non-hydrogen) atoms. The summed E-state index contributed by atoms with van der Waals surface area (Å²) in [6, 6.07) is 23.0. The topological polar surface area (TPSA) is 34.3 Å². The molecule has 1 atom stereocenters. The summed E-state index contributed by atoms with van der Waals surface area (Å²) in [5.74, 6) is 0.370. The van der Waals surface area contributed by atoms with Gasteiger partial charge in [-0.05, 0) is 41.9 Å². The van der Waals surface area contributed by atoms with E-state index in [1.54, 1.807) is 0 Å². The third-order valence-corrected chi connectivity index (χ3v) is 5.99. The van der Waals surface area contributed by atoms with Gasteiger partial charge in [0.1, 0.15) is 5.75 Å². The predicted octanol–water partition coefficient (Wildman–Crippen LogP) is 6.28. The van der Waals surface area contributed by atoms with E-state index in [-0.39, 0.29) is 5.54 Å². The van der Waals surface area contributed by atoms with Crippen molar-refractivity contribution in [2.75, 3.05) is 0 Å². The van der Waals surface area contributed by atoms with Crippen molar-refractivity contribution in [2.24, 2.45) is 0 Å². The second kappa shape index (κ2) is 12.0. The molecule has 3 aromatic carbocycles. The van der Waals surface area contributed by atoms with Crippen LogP contribution in [0.2, 0.25) is 0 Å². The van der Waals surface area contributed by atoms with E-state index in [0.717, 1.165) is 11.7 Å². The van der Waals surface area contributed by atoms with Gasteiger partial charge < -0.3 is 10.4 Å². The third-order valence-electron chi connectivity index (χ3n) is 4.57. The number of phenolic OH excluding ortho intramolecular Hbond substituents is 1. The van der Waals surface area contributed by atoms with E-state index in [1.807, 2.05) is 18.2 Å². The second-order valence-electron chi connectivity index (χ2n) is 8.29. The molecule has 0 aromatic heterocycles. The van der Waals surface area contributed by atoms with Crippen molar-refractivity contribution in [1.29, 1.82) is 0 Å². The molecule has 0 spiro atoms. The summed E-state index contributed by atoms with van der Waals surface area (Å²) in [7, 11) is 5.05. The number of hydrogen-bond donors (Lipinski definition) is 1. The summed E-state index contributed by atoms with van der Waals surface area (Å²) in [5, 5.41) is 17.5. The van der Waals surface area contributed by atoms with E-state index in [2.05, 4.69) is 85.5 Å². The normalized spacial score (nSPS) is 11.3. The molecule has 0 fully saturated rings. The number of phenols is 1. The fourth-order valence-corrected chi connectivity index (χ4v) is 4.31. The van der Waals surface area contributed by atoms with Gasteiger partial charge in [-0.25, -0.2) is 0 Å². The monoisotopic (exact) mass is 473 g/mol. The molecule has 1 N–H and O–H groups in total. The Balaban J connectivity index is 0.00000155. The van der Waals surface area contributed by atoms with Gasteiger partial charge >= 0.3 is 28.7 Å². The summed E-state index contributed by atoms with van der Waals surface area (Å²) in [5.41, 5.74) is 4.94. The average Bonchev–Trinajstić information content (AvgIpc) is 2.72. The Bertz CT molecular complexity index is 942. The van der Waals surface area contributed by atoms with Crippen LogP contribution >= 0.6 is 17.9 Å². The first-order valence-electron chi connectivity index (χ1n) is 9.90. The molecule has 0 heterocycles. The fourth-order valence-electron chi connectivity index (χ4n) is 3.07. The summed E-state index contributed by atoms with van der Waals surface area (Å²) in [4.78, 5) is 0. The molecule has 0 saturated heterocycles. The molecule has 0 aliphatic carbocycles. The Hall–Kier alpha value is -1.15. The van der Waals surface area contributed by atoms with Gasteiger partial charge in [-0.3, -0.25) is 0 Å². The second-order valence-corrected chi connectivity index (χ2v) is 9.61. The van der Waals surface area contributed by atoms with Gasteiger partial charge in [0, 0.05) is 5.30 Å². The van der Waals surface area contributed by atoms with Crippen molar-refractivity contribution in [1.82, 2.24) is 0 Å². The van der Waals surface area contributed by atoms with Gasteiger partial charge in [0.2, 0.25) is 0 Å². The Morgan fingerprint density at radius 1 is 0.900 bits per heavy atom. The van der Waals surface area contributed by atoms with Crippen LogP contribution in [0.4, 0.5) is 0 Å². The Kier molecular flexibility index (Phi) is 10.1. The molecule has 156 valence electrons. The number of aromatic hydroxyl groups is 1. The summed E-state index contributed by atoms with van der Waals surface area (Å²) in [6.07, 6.45) is 0.874. The molecule has 0 aliphatic heterocycles. The maximum atomic E-state index is 10.5. The molecular formula is C25H29ClNOPTi.